The van der Waals surface area contributed by atoms with E-state index in [0.717, 1.165) is 10.5 Å². The van der Waals surface area contributed by atoms with Gasteiger partial charge in [-0.25, -0.2) is 0 Å². The van der Waals surface area contributed by atoms with Gasteiger partial charge in [-0.1, -0.05) is 23.2 Å². The minimum atomic E-state index is -0.711. The number of carbonyl (C=O) groups excluding carboxylic acids is 2. The topological polar surface area (TPSA) is 79.6 Å². The molecule has 0 unspecified atom stereocenters. The van der Waals surface area contributed by atoms with Crippen LogP contribution in [0.2, 0.25) is 10.0 Å². The Kier molecular flexibility index (Phi) is 5.19. The molecule has 0 bridgehead atoms. The van der Waals surface area contributed by atoms with Crippen LogP contribution >= 0.6 is 35.4 Å². The summed E-state index contributed by atoms with van der Waals surface area (Å²) in [6, 6.07) is 9.52. The largest absolute Gasteiger partial charge is 0.463 e. The number of amides is 2. The number of aryl methyl sites for hydroxylation is 1. The third kappa shape index (κ3) is 3.52. The quantitative estimate of drug-likeness (QED) is 0.352. The monoisotopic (exact) mass is 458 g/mol. The molecule has 1 aromatic heterocycles. The zero-order chi connectivity index (χ0) is 21.6. The summed E-state index contributed by atoms with van der Waals surface area (Å²) in [5.74, 6) is -1.39. The van der Waals surface area contributed by atoms with Crippen molar-refractivity contribution in [3.05, 3.63) is 79.6 Å². The number of thiocarbonyl (C=S) groups is 1. The fourth-order valence-electron chi connectivity index (χ4n) is 3.00. The van der Waals surface area contributed by atoms with Gasteiger partial charge in [0, 0.05) is 10.0 Å². The predicted octanol–water partition coefficient (Wildman–Crippen LogP) is 4.24. The van der Waals surface area contributed by atoms with Crippen LogP contribution in [0, 0.1) is 6.92 Å². The summed E-state index contributed by atoms with van der Waals surface area (Å²) in [5, 5.41) is 3.52. The molecule has 0 spiro atoms. The maximum Gasteiger partial charge on any atom is 0.270 e. The van der Waals surface area contributed by atoms with Crippen molar-refractivity contribution in [2.24, 2.45) is 0 Å². The van der Waals surface area contributed by atoms with Gasteiger partial charge in [-0.15, -0.1) is 0 Å². The van der Waals surface area contributed by atoms with Crippen molar-refractivity contribution >= 4 is 75.1 Å². The Hall–Kier alpha value is -3.00. The second-order valence-electron chi connectivity index (χ2n) is 6.55. The van der Waals surface area contributed by atoms with E-state index in [1.807, 2.05) is 0 Å². The molecule has 4 rings (SSSR count). The van der Waals surface area contributed by atoms with E-state index >= 15 is 0 Å². The average molecular weight is 459 g/mol. The van der Waals surface area contributed by atoms with Gasteiger partial charge in [-0.2, -0.15) is 0 Å². The van der Waals surface area contributed by atoms with Crippen molar-refractivity contribution in [1.82, 2.24) is 5.32 Å². The summed E-state index contributed by atoms with van der Waals surface area (Å²) in [4.78, 5) is 39.5. The summed E-state index contributed by atoms with van der Waals surface area (Å²) < 4.78 is 5.52. The molecule has 1 aliphatic heterocycles. The highest BCUT2D eigenvalue weighted by atomic mass is 35.5. The van der Waals surface area contributed by atoms with E-state index in [1.165, 1.54) is 18.4 Å². The Labute approximate surface area is 185 Å². The molecular formula is C21H12Cl2N2O4S. The lowest BCUT2D eigenvalue weighted by Gasteiger charge is -2.28. The first-order chi connectivity index (χ1) is 14.3. The number of carbonyl (C=O) groups is 2. The summed E-state index contributed by atoms with van der Waals surface area (Å²) >= 11 is 17.2. The molecule has 1 fully saturated rings. The van der Waals surface area contributed by atoms with Crippen LogP contribution in [0.25, 0.3) is 17.0 Å². The molecular weight excluding hydrogens is 447 g/mol. The van der Waals surface area contributed by atoms with Crippen LogP contribution in [-0.4, -0.2) is 16.9 Å². The highest BCUT2D eigenvalue weighted by molar-refractivity contribution is 7.80. The zero-order valence-electron chi connectivity index (χ0n) is 15.4. The Morgan fingerprint density at radius 2 is 1.80 bits per heavy atom. The van der Waals surface area contributed by atoms with Crippen molar-refractivity contribution in [2.45, 2.75) is 6.92 Å². The lowest BCUT2D eigenvalue weighted by molar-refractivity contribution is -0.122. The number of nitrogens with one attached hydrogen (secondary N) is 1. The van der Waals surface area contributed by atoms with Gasteiger partial charge in [0.05, 0.1) is 16.6 Å². The normalized spacial score (nSPS) is 15.8. The second-order valence-corrected chi connectivity index (χ2v) is 7.78. The van der Waals surface area contributed by atoms with Crippen molar-refractivity contribution in [3.8, 4) is 0 Å². The predicted molar refractivity (Wildman–Crippen MR) is 120 cm³/mol. The fourth-order valence-corrected chi connectivity index (χ4v) is 3.57. The molecule has 1 aliphatic rings. The highest BCUT2D eigenvalue weighted by Gasteiger charge is 2.34. The number of benzene rings is 2. The van der Waals surface area contributed by atoms with Crippen molar-refractivity contribution in [2.75, 3.05) is 4.90 Å². The van der Waals surface area contributed by atoms with Crippen molar-refractivity contribution in [1.29, 1.82) is 0 Å². The molecule has 0 radical (unpaired) electrons. The van der Waals surface area contributed by atoms with Crippen LogP contribution in [-0.2, 0) is 9.59 Å². The number of rotatable bonds is 2. The molecule has 6 nitrogen and oxygen atoms in total. The lowest BCUT2D eigenvalue weighted by atomic mass is 10.1. The summed E-state index contributed by atoms with van der Waals surface area (Å²) in [7, 11) is 0. The molecule has 0 atom stereocenters. The first kappa shape index (κ1) is 20.3. The molecule has 2 aromatic carbocycles. The standard InChI is InChI=1S/C21H12Cl2N2O4S/c1-10-6-17-14(8-16(10)23)18(26)11(9-29-17)7-15-19(27)24-21(30)25(20(15)28)13-4-2-12(22)3-5-13/h2-9H,1H3,(H,24,27,30)/b15-7+. The van der Waals surface area contributed by atoms with E-state index in [4.69, 9.17) is 39.8 Å². The van der Waals surface area contributed by atoms with E-state index in [9.17, 15) is 14.4 Å². The first-order valence-electron chi connectivity index (χ1n) is 8.65. The molecule has 150 valence electrons. The number of fused-ring (bicyclic) bond motifs is 1. The van der Waals surface area contributed by atoms with Crippen LogP contribution < -0.4 is 15.6 Å². The van der Waals surface area contributed by atoms with Gasteiger partial charge in [-0.3, -0.25) is 24.6 Å². The van der Waals surface area contributed by atoms with E-state index in [2.05, 4.69) is 5.32 Å². The molecule has 1 N–H and O–H groups in total. The maximum absolute atomic E-state index is 13.0. The molecule has 2 amide bonds. The number of anilines is 1. The van der Waals surface area contributed by atoms with Gasteiger partial charge >= 0.3 is 0 Å². The molecule has 3 aromatic rings. The Morgan fingerprint density at radius 1 is 1.10 bits per heavy atom. The number of hydrogen-bond donors (Lipinski definition) is 1. The van der Waals surface area contributed by atoms with Gasteiger partial charge in [0.15, 0.2) is 10.5 Å². The summed E-state index contributed by atoms with van der Waals surface area (Å²) in [6.07, 6.45) is 2.38. The van der Waals surface area contributed by atoms with Gasteiger partial charge in [0.2, 0.25) is 0 Å². The fraction of sp³-hybridized carbons (Fsp3) is 0.0476. The van der Waals surface area contributed by atoms with Gasteiger partial charge in [0.25, 0.3) is 11.8 Å². The van der Waals surface area contributed by atoms with E-state index in [-0.39, 0.29) is 21.6 Å². The first-order valence-corrected chi connectivity index (χ1v) is 9.81. The average Bonchev–Trinajstić information content (AvgIpc) is 2.69. The Balaban J connectivity index is 1.81. The third-order valence-corrected chi connectivity index (χ3v) is 5.51. The van der Waals surface area contributed by atoms with E-state index < -0.39 is 17.2 Å². The molecule has 9 heteroatoms. The van der Waals surface area contributed by atoms with Crippen LogP contribution in [0.4, 0.5) is 5.69 Å². The van der Waals surface area contributed by atoms with E-state index in [1.54, 1.807) is 37.3 Å². The minimum absolute atomic E-state index is 0.0322. The Bertz CT molecular complexity index is 1330. The highest BCUT2D eigenvalue weighted by Crippen LogP contribution is 2.25. The zero-order valence-corrected chi connectivity index (χ0v) is 17.7. The number of hydrogen-bond acceptors (Lipinski definition) is 5. The van der Waals surface area contributed by atoms with Gasteiger partial charge in [-0.05, 0) is 67.2 Å². The molecule has 0 saturated carbocycles. The molecule has 30 heavy (non-hydrogen) atoms. The third-order valence-electron chi connectivity index (χ3n) is 4.57. The van der Waals surface area contributed by atoms with Gasteiger partial charge in [0.1, 0.15) is 17.4 Å². The van der Waals surface area contributed by atoms with E-state index in [0.29, 0.717) is 21.3 Å². The second kappa shape index (κ2) is 7.68. The van der Waals surface area contributed by atoms with Gasteiger partial charge < -0.3 is 4.42 Å². The Morgan fingerprint density at radius 3 is 2.50 bits per heavy atom. The van der Waals surface area contributed by atoms with Crippen molar-refractivity contribution in [3.63, 3.8) is 0 Å². The van der Waals surface area contributed by atoms with Crippen LogP contribution in [0.1, 0.15) is 11.1 Å². The number of nitrogens with zero attached hydrogens (tertiary/aromatic N) is 1. The number of halogens is 2. The van der Waals surface area contributed by atoms with Crippen LogP contribution in [0.3, 0.4) is 0 Å². The minimum Gasteiger partial charge on any atom is -0.463 e. The van der Waals surface area contributed by atoms with Crippen LogP contribution in [0.5, 0.6) is 0 Å². The molecule has 2 heterocycles. The smallest absolute Gasteiger partial charge is 0.270 e. The SMILES string of the molecule is Cc1cc2occ(/C=C3\C(=O)NC(=S)N(c4ccc(Cl)cc4)C3=O)c(=O)c2cc1Cl. The maximum atomic E-state index is 13.0. The molecule has 0 aliphatic carbocycles. The lowest BCUT2D eigenvalue weighted by Crippen LogP contribution is -2.54. The van der Waals surface area contributed by atoms with Crippen LogP contribution in [0.15, 0.2) is 57.4 Å². The summed E-state index contributed by atoms with van der Waals surface area (Å²) in [5.41, 5.74) is 0.888. The summed E-state index contributed by atoms with van der Waals surface area (Å²) in [6.45, 7) is 1.79. The van der Waals surface area contributed by atoms with Crippen molar-refractivity contribution < 1.29 is 14.0 Å². The molecule has 1 saturated heterocycles.